The van der Waals surface area contributed by atoms with Gasteiger partial charge in [0.1, 0.15) is 4.60 Å². The van der Waals surface area contributed by atoms with Crippen LogP contribution in [-0.4, -0.2) is 52.3 Å². The van der Waals surface area contributed by atoms with E-state index in [1.54, 1.807) is 12.1 Å². The van der Waals surface area contributed by atoms with Gasteiger partial charge in [0.25, 0.3) is 5.91 Å². The molecule has 0 saturated carbocycles. The lowest BCUT2D eigenvalue weighted by Gasteiger charge is -2.20. The summed E-state index contributed by atoms with van der Waals surface area (Å²) in [6, 6.07) is 3.19. The molecule has 0 radical (unpaired) electrons. The van der Waals surface area contributed by atoms with Gasteiger partial charge >= 0.3 is 0 Å². The maximum Gasteiger partial charge on any atom is 0.254 e. The zero-order valence-corrected chi connectivity index (χ0v) is 10.2. The van der Waals surface area contributed by atoms with E-state index in [1.165, 1.54) is 11.1 Å². The Hall–Kier alpha value is -0.980. The van der Waals surface area contributed by atoms with Gasteiger partial charge < -0.3 is 15.1 Å². The monoisotopic (exact) mass is 288 g/mol. The highest BCUT2D eigenvalue weighted by molar-refractivity contribution is 9.10. The van der Waals surface area contributed by atoms with E-state index in [0.29, 0.717) is 10.2 Å². The summed E-state index contributed by atoms with van der Waals surface area (Å²) >= 11 is 3.18. The molecule has 0 aliphatic carbocycles. The predicted octanol–water partition coefficient (Wildman–Crippen LogP) is 0.271. The van der Waals surface area contributed by atoms with Crippen LogP contribution in [0.3, 0.4) is 0 Å². The summed E-state index contributed by atoms with van der Waals surface area (Å²) < 4.78 is 0.575. The van der Waals surface area contributed by atoms with Crippen molar-refractivity contribution in [3.8, 4) is 0 Å². The Bertz CT molecular complexity index is 354. The number of hydrogen-bond donors (Lipinski definition) is 2. The fourth-order valence-electron chi connectivity index (χ4n) is 1.27. The second-order valence-corrected chi connectivity index (χ2v) is 3.92. The van der Waals surface area contributed by atoms with Crippen LogP contribution in [-0.2, 0) is 0 Å². The van der Waals surface area contributed by atoms with Crippen LogP contribution in [0.25, 0.3) is 0 Å². The third kappa shape index (κ3) is 3.55. The summed E-state index contributed by atoms with van der Waals surface area (Å²) in [5.41, 5.74) is 0.476. The number of pyridine rings is 1. The molecule has 2 N–H and O–H groups in total. The highest BCUT2D eigenvalue weighted by Crippen LogP contribution is 2.10. The number of nitrogens with zero attached hydrogens (tertiary/aromatic N) is 2. The second kappa shape index (κ2) is 6.57. The fraction of sp³-hybridized carbons (Fsp3) is 0.400. The molecule has 0 bridgehead atoms. The molecule has 1 aromatic rings. The van der Waals surface area contributed by atoms with Gasteiger partial charge in [-0.1, -0.05) is 0 Å². The molecule has 16 heavy (non-hydrogen) atoms. The number of carbonyl (C=O) groups is 1. The number of aliphatic hydroxyl groups is 2. The second-order valence-electron chi connectivity index (χ2n) is 3.11. The van der Waals surface area contributed by atoms with Gasteiger partial charge in [0.15, 0.2) is 0 Å². The Morgan fingerprint density at radius 2 is 2.00 bits per heavy atom. The first kappa shape index (κ1) is 13.1. The van der Waals surface area contributed by atoms with Crippen LogP contribution in [0, 0.1) is 0 Å². The van der Waals surface area contributed by atoms with Crippen LogP contribution in [0.4, 0.5) is 0 Å². The third-order valence-corrected chi connectivity index (χ3v) is 2.43. The number of halogens is 1. The molecule has 1 heterocycles. The van der Waals surface area contributed by atoms with E-state index in [4.69, 9.17) is 10.2 Å². The standard InChI is InChI=1S/C10H13BrN2O3/c11-9-7-8(1-2-12-9)10(16)13(3-5-14)4-6-15/h1-2,7,14-15H,3-6H2. The molecule has 1 aromatic heterocycles. The quantitative estimate of drug-likeness (QED) is 0.763. The molecule has 0 spiro atoms. The number of rotatable bonds is 5. The van der Waals surface area contributed by atoms with Gasteiger partial charge in [0.2, 0.25) is 0 Å². The molecule has 1 rings (SSSR count). The van der Waals surface area contributed by atoms with E-state index in [9.17, 15) is 4.79 Å². The Labute approximate surface area is 102 Å². The Balaban J connectivity index is 2.81. The molecule has 0 aromatic carbocycles. The van der Waals surface area contributed by atoms with Gasteiger partial charge in [-0.05, 0) is 28.1 Å². The van der Waals surface area contributed by atoms with Gasteiger partial charge in [-0.2, -0.15) is 0 Å². The summed E-state index contributed by atoms with van der Waals surface area (Å²) in [7, 11) is 0. The maximum atomic E-state index is 11.9. The van der Waals surface area contributed by atoms with Crippen LogP contribution in [0.5, 0.6) is 0 Å². The summed E-state index contributed by atoms with van der Waals surface area (Å²) in [6.07, 6.45) is 1.52. The smallest absolute Gasteiger partial charge is 0.254 e. The van der Waals surface area contributed by atoms with E-state index in [2.05, 4.69) is 20.9 Å². The lowest BCUT2D eigenvalue weighted by molar-refractivity contribution is 0.0684. The van der Waals surface area contributed by atoms with Crippen molar-refractivity contribution in [3.63, 3.8) is 0 Å². The van der Waals surface area contributed by atoms with Crippen molar-refractivity contribution in [2.45, 2.75) is 0 Å². The van der Waals surface area contributed by atoms with Crippen LogP contribution in [0.1, 0.15) is 10.4 Å². The first-order valence-corrected chi connectivity index (χ1v) is 5.61. The van der Waals surface area contributed by atoms with Crippen LogP contribution < -0.4 is 0 Å². The fourth-order valence-corrected chi connectivity index (χ4v) is 1.64. The first-order valence-electron chi connectivity index (χ1n) is 4.81. The molecule has 0 unspecified atom stereocenters. The van der Waals surface area contributed by atoms with Crippen LogP contribution in [0.15, 0.2) is 22.9 Å². The van der Waals surface area contributed by atoms with Crippen molar-refractivity contribution < 1.29 is 15.0 Å². The largest absolute Gasteiger partial charge is 0.395 e. The van der Waals surface area contributed by atoms with Crippen molar-refractivity contribution in [2.24, 2.45) is 0 Å². The zero-order valence-electron chi connectivity index (χ0n) is 8.64. The number of amides is 1. The highest BCUT2D eigenvalue weighted by Gasteiger charge is 2.14. The molecule has 0 aliphatic rings. The van der Waals surface area contributed by atoms with Crippen molar-refractivity contribution in [1.82, 2.24) is 9.88 Å². The summed E-state index contributed by atoms with van der Waals surface area (Å²) in [5.74, 6) is -0.230. The predicted molar refractivity (Wildman–Crippen MR) is 62.0 cm³/mol. The van der Waals surface area contributed by atoms with Crippen molar-refractivity contribution in [2.75, 3.05) is 26.3 Å². The van der Waals surface area contributed by atoms with E-state index in [0.717, 1.165) is 0 Å². The molecule has 0 aliphatic heterocycles. The molecule has 1 amide bonds. The first-order chi connectivity index (χ1) is 7.69. The molecular weight excluding hydrogens is 276 g/mol. The Kier molecular flexibility index (Phi) is 5.37. The summed E-state index contributed by atoms with van der Waals surface area (Å²) in [6.45, 7) is 0.161. The highest BCUT2D eigenvalue weighted by atomic mass is 79.9. The minimum Gasteiger partial charge on any atom is -0.395 e. The molecule has 6 heteroatoms. The minimum atomic E-state index is -0.230. The lowest BCUT2D eigenvalue weighted by atomic mass is 10.2. The summed E-state index contributed by atoms with van der Waals surface area (Å²) in [5, 5.41) is 17.6. The van der Waals surface area contributed by atoms with Gasteiger partial charge in [-0.25, -0.2) is 4.98 Å². The van der Waals surface area contributed by atoms with Crippen molar-refractivity contribution >= 4 is 21.8 Å². The summed E-state index contributed by atoms with van der Waals surface area (Å²) in [4.78, 5) is 17.2. The van der Waals surface area contributed by atoms with Gasteiger partial charge in [-0.15, -0.1) is 0 Å². The van der Waals surface area contributed by atoms with E-state index in [1.807, 2.05) is 0 Å². The molecule has 0 saturated heterocycles. The third-order valence-electron chi connectivity index (χ3n) is 2.00. The topological polar surface area (TPSA) is 73.7 Å². The van der Waals surface area contributed by atoms with E-state index >= 15 is 0 Å². The molecule has 0 atom stereocenters. The zero-order chi connectivity index (χ0) is 12.0. The van der Waals surface area contributed by atoms with Crippen LogP contribution >= 0.6 is 15.9 Å². The molecule has 0 fully saturated rings. The normalized spacial score (nSPS) is 10.2. The average Bonchev–Trinajstić information content (AvgIpc) is 2.28. The average molecular weight is 289 g/mol. The SMILES string of the molecule is O=C(c1ccnc(Br)c1)N(CCO)CCO. The van der Waals surface area contributed by atoms with Gasteiger partial charge in [0, 0.05) is 24.8 Å². The van der Waals surface area contributed by atoms with Gasteiger partial charge in [0.05, 0.1) is 13.2 Å². The number of carbonyl (C=O) groups excluding carboxylic acids is 1. The Morgan fingerprint density at radius 3 is 2.50 bits per heavy atom. The van der Waals surface area contributed by atoms with Crippen molar-refractivity contribution in [1.29, 1.82) is 0 Å². The molecule has 88 valence electrons. The van der Waals surface area contributed by atoms with Crippen molar-refractivity contribution in [3.05, 3.63) is 28.5 Å². The van der Waals surface area contributed by atoms with E-state index in [-0.39, 0.29) is 32.2 Å². The minimum absolute atomic E-state index is 0.127. The molecular formula is C10H13BrN2O3. The lowest BCUT2D eigenvalue weighted by Crippen LogP contribution is -2.35. The number of aliphatic hydroxyl groups excluding tert-OH is 2. The molecule has 5 nitrogen and oxygen atoms in total. The number of aromatic nitrogens is 1. The Morgan fingerprint density at radius 1 is 1.38 bits per heavy atom. The van der Waals surface area contributed by atoms with Crippen LogP contribution in [0.2, 0.25) is 0 Å². The maximum absolute atomic E-state index is 11.9. The number of hydrogen-bond acceptors (Lipinski definition) is 4. The van der Waals surface area contributed by atoms with Gasteiger partial charge in [-0.3, -0.25) is 4.79 Å². The van der Waals surface area contributed by atoms with E-state index < -0.39 is 0 Å².